The van der Waals surface area contributed by atoms with Crippen molar-refractivity contribution in [3.05, 3.63) is 24.3 Å². The predicted molar refractivity (Wildman–Crippen MR) is 84.8 cm³/mol. The number of ketones is 1. The van der Waals surface area contributed by atoms with Crippen LogP contribution in [0.25, 0.3) is 0 Å². The molecule has 4 nitrogen and oxygen atoms in total. The first-order valence-electron chi connectivity index (χ1n) is 7.76. The Morgan fingerprint density at radius 1 is 1.23 bits per heavy atom. The molecule has 2 saturated carbocycles. The maximum absolute atomic E-state index is 13.0. The molecule has 2 atom stereocenters. The van der Waals surface area contributed by atoms with Crippen LogP contribution in [0.3, 0.4) is 0 Å². The normalized spacial score (nSPS) is 32.1. The number of hydrogen-bond acceptors (Lipinski definition) is 3. The highest BCUT2D eigenvalue weighted by molar-refractivity contribution is 6.04. The van der Waals surface area contributed by atoms with Crippen molar-refractivity contribution in [1.82, 2.24) is 0 Å². The fourth-order valence-corrected chi connectivity index (χ4v) is 4.31. The van der Waals surface area contributed by atoms with Crippen LogP contribution in [-0.2, 0) is 9.59 Å². The maximum Gasteiger partial charge on any atom is 0.231 e. The molecule has 0 saturated heterocycles. The van der Waals surface area contributed by atoms with Gasteiger partial charge in [-0.25, -0.2) is 0 Å². The van der Waals surface area contributed by atoms with E-state index in [9.17, 15) is 9.59 Å². The van der Waals surface area contributed by atoms with Crippen molar-refractivity contribution >= 4 is 17.4 Å². The predicted octanol–water partition coefficient (Wildman–Crippen LogP) is 3.42. The quantitative estimate of drug-likeness (QED) is 0.930. The summed E-state index contributed by atoms with van der Waals surface area (Å²) in [5.74, 6) is 0.887. The molecule has 2 unspecified atom stereocenters. The molecule has 2 fully saturated rings. The molecule has 0 radical (unpaired) electrons. The average Bonchev–Trinajstić information content (AvgIpc) is 2.78. The van der Waals surface area contributed by atoms with Gasteiger partial charge in [0, 0.05) is 23.6 Å². The smallest absolute Gasteiger partial charge is 0.231 e. The highest BCUT2D eigenvalue weighted by Crippen LogP contribution is 2.70. The molecule has 4 heteroatoms. The second kappa shape index (κ2) is 4.58. The number of rotatable bonds is 3. The summed E-state index contributed by atoms with van der Waals surface area (Å²) in [4.78, 5) is 25.4. The molecule has 1 aromatic carbocycles. The van der Waals surface area contributed by atoms with E-state index in [4.69, 9.17) is 4.74 Å². The van der Waals surface area contributed by atoms with Gasteiger partial charge in [-0.2, -0.15) is 0 Å². The van der Waals surface area contributed by atoms with E-state index in [1.807, 2.05) is 25.1 Å². The second-order valence-corrected chi connectivity index (χ2v) is 7.33. The molecule has 22 heavy (non-hydrogen) atoms. The molecule has 1 aromatic rings. The lowest BCUT2D eigenvalue weighted by molar-refractivity contribution is -0.131. The van der Waals surface area contributed by atoms with Gasteiger partial charge in [-0.15, -0.1) is 0 Å². The topological polar surface area (TPSA) is 55.4 Å². The number of fused-ring (bicyclic) bond motifs is 2. The minimum Gasteiger partial charge on any atom is -0.497 e. The SMILES string of the molecule is COc1cccc(NC(=O)C23CCC(C)(C(=O)C2)C3(C)C)c1. The van der Waals surface area contributed by atoms with Gasteiger partial charge >= 0.3 is 0 Å². The van der Waals surface area contributed by atoms with E-state index in [1.54, 1.807) is 13.2 Å². The zero-order valence-electron chi connectivity index (χ0n) is 13.7. The van der Waals surface area contributed by atoms with E-state index in [-0.39, 0.29) is 22.5 Å². The van der Waals surface area contributed by atoms with Crippen LogP contribution in [0.4, 0.5) is 5.69 Å². The number of carbonyl (C=O) groups excluding carboxylic acids is 2. The Balaban J connectivity index is 1.91. The highest BCUT2D eigenvalue weighted by Gasteiger charge is 2.72. The van der Waals surface area contributed by atoms with Gasteiger partial charge in [-0.1, -0.05) is 26.8 Å². The van der Waals surface area contributed by atoms with E-state index in [2.05, 4.69) is 19.2 Å². The van der Waals surface area contributed by atoms with Crippen molar-refractivity contribution in [3.8, 4) is 5.75 Å². The molecule has 118 valence electrons. The monoisotopic (exact) mass is 301 g/mol. The second-order valence-electron chi connectivity index (χ2n) is 7.33. The van der Waals surface area contributed by atoms with E-state index in [0.29, 0.717) is 17.9 Å². The Bertz CT molecular complexity index is 651. The minimum absolute atomic E-state index is 0.0414. The third-order valence-electron chi connectivity index (χ3n) is 6.47. The number of nitrogens with one attached hydrogen (secondary N) is 1. The zero-order chi connectivity index (χ0) is 16.2. The fourth-order valence-electron chi connectivity index (χ4n) is 4.31. The summed E-state index contributed by atoms with van der Waals surface area (Å²) in [6, 6.07) is 7.32. The first-order valence-corrected chi connectivity index (χ1v) is 7.76. The van der Waals surface area contributed by atoms with Crippen LogP contribution in [0.5, 0.6) is 5.75 Å². The van der Waals surface area contributed by atoms with Crippen LogP contribution in [0.15, 0.2) is 24.3 Å². The van der Waals surface area contributed by atoms with Crippen molar-refractivity contribution < 1.29 is 14.3 Å². The molecule has 0 aliphatic heterocycles. The van der Waals surface area contributed by atoms with Crippen molar-refractivity contribution in [2.24, 2.45) is 16.2 Å². The number of benzene rings is 1. The summed E-state index contributed by atoms with van der Waals surface area (Å²) >= 11 is 0. The fraction of sp³-hybridized carbons (Fsp3) is 0.556. The molecule has 0 aromatic heterocycles. The average molecular weight is 301 g/mol. The Labute approximate surface area is 131 Å². The van der Waals surface area contributed by atoms with Crippen LogP contribution in [0.1, 0.15) is 40.0 Å². The number of hydrogen-bond donors (Lipinski definition) is 1. The summed E-state index contributed by atoms with van der Waals surface area (Å²) in [5, 5.41) is 3.00. The van der Waals surface area contributed by atoms with Gasteiger partial charge in [-0.05, 0) is 30.4 Å². The summed E-state index contributed by atoms with van der Waals surface area (Å²) in [7, 11) is 1.60. The number of carbonyl (C=O) groups is 2. The molecule has 2 bridgehead atoms. The lowest BCUT2D eigenvalue weighted by Crippen LogP contribution is -2.43. The molecule has 0 spiro atoms. The van der Waals surface area contributed by atoms with Crippen molar-refractivity contribution in [3.63, 3.8) is 0 Å². The zero-order valence-corrected chi connectivity index (χ0v) is 13.7. The summed E-state index contributed by atoms with van der Waals surface area (Å²) in [5.41, 5.74) is -0.580. The Hall–Kier alpha value is -1.84. The van der Waals surface area contributed by atoms with Gasteiger partial charge in [0.05, 0.1) is 12.5 Å². The summed E-state index contributed by atoms with van der Waals surface area (Å²) in [6.45, 7) is 6.15. The van der Waals surface area contributed by atoms with E-state index in [0.717, 1.165) is 12.8 Å². The Morgan fingerprint density at radius 3 is 2.50 bits per heavy atom. The Kier molecular flexibility index (Phi) is 3.13. The van der Waals surface area contributed by atoms with Gasteiger partial charge in [-0.3, -0.25) is 9.59 Å². The first kappa shape index (κ1) is 15.1. The first-order chi connectivity index (χ1) is 10.3. The molecule has 1 amide bonds. The summed E-state index contributed by atoms with van der Waals surface area (Å²) in [6.07, 6.45) is 1.93. The van der Waals surface area contributed by atoms with Crippen molar-refractivity contribution in [1.29, 1.82) is 0 Å². The van der Waals surface area contributed by atoms with E-state index >= 15 is 0 Å². The van der Waals surface area contributed by atoms with E-state index in [1.165, 1.54) is 0 Å². The third-order valence-corrected chi connectivity index (χ3v) is 6.47. The van der Waals surface area contributed by atoms with Crippen LogP contribution in [0.2, 0.25) is 0 Å². The van der Waals surface area contributed by atoms with Crippen LogP contribution < -0.4 is 10.1 Å². The van der Waals surface area contributed by atoms with E-state index < -0.39 is 5.41 Å². The lowest BCUT2D eigenvalue weighted by Gasteiger charge is -2.38. The van der Waals surface area contributed by atoms with Crippen LogP contribution in [0, 0.1) is 16.2 Å². The highest BCUT2D eigenvalue weighted by atomic mass is 16.5. The van der Waals surface area contributed by atoms with Gasteiger partial charge < -0.3 is 10.1 Å². The number of amides is 1. The Morgan fingerprint density at radius 2 is 1.95 bits per heavy atom. The maximum atomic E-state index is 13.0. The molecule has 2 aliphatic rings. The van der Waals surface area contributed by atoms with Crippen LogP contribution in [-0.4, -0.2) is 18.8 Å². The van der Waals surface area contributed by atoms with Crippen LogP contribution >= 0.6 is 0 Å². The van der Waals surface area contributed by atoms with Gasteiger partial charge in [0.25, 0.3) is 0 Å². The van der Waals surface area contributed by atoms with Crippen molar-refractivity contribution in [2.45, 2.75) is 40.0 Å². The van der Waals surface area contributed by atoms with Gasteiger partial charge in [0.2, 0.25) is 5.91 Å². The number of ether oxygens (including phenoxy) is 1. The van der Waals surface area contributed by atoms with Gasteiger partial charge in [0.15, 0.2) is 0 Å². The van der Waals surface area contributed by atoms with Gasteiger partial charge in [0.1, 0.15) is 11.5 Å². The molecule has 0 heterocycles. The third kappa shape index (κ3) is 1.70. The molecule has 3 rings (SSSR count). The molecule has 2 aliphatic carbocycles. The standard InChI is InChI=1S/C18H23NO3/c1-16(2)17(3)8-9-18(16,11-14(17)20)15(21)19-12-6-5-7-13(10-12)22-4/h5-7,10H,8-9,11H2,1-4H3,(H,19,21). The number of methoxy groups -OCH3 is 1. The lowest BCUT2D eigenvalue weighted by atomic mass is 9.64. The molecule has 1 N–H and O–H groups in total. The largest absolute Gasteiger partial charge is 0.497 e. The summed E-state index contributed by atoms with van der Waals surface area (Å²) < 4.78 is 5.19. The van der Waals surface area contributed by atoms with Crippen molar-refractivity contribution in [2.75, 3.05) is 12.4 Å². The molecular weight excluding hydrogens is 278 g/mol. The molecular formula is C18H23NO3. The number of anilines is 1. The number of Topliss-reactive ketones (excluding diaryl/α,β-unsaturated/α-hetero) is 1. The minimum atomic E-state index is -0.595.